The summed E-state index contributed by atoms with van der Waals surface area (Å²) in [5, 5.41) is 2.72. The van der Waals surface area contributed by atoms with Crippen LogP contribution in [0.25, 0.3) is 0 Å². The van der Waals surface area contributed by atoms with Gasteiger partial charge in [-0.15, -0.1) is 0 Å². The van der Waals surface area contributed by atoms with E-state index in [2.05, 4.69) is 12.2 Å². The summed E-state index contributed by atoms with van der Waals surface area (Å²) in [7, 11) is 0. The van der Waals surface area contributed by atoms with Crippen molar-refractivity contribution < 1.29 is 14.3 Å². The van der Waals surface area contributed by atoms with E-state index in [0.717, 1.165) is 27.8 Å². The summed E-state index contributed by atoms with van der Waals surface area (Å²) in [6, 6.07) is 7.45. The van der Waals surface area contributed by atoms with Crippen LogP contribution in [0.2, 0.25) is 0 Å². The number of carbonyl (C=O) groups excluding carboxylic acids is 2. The molecule has 1 N–H and O–H groups in total. The Hall–Kier alpha value is -2.62. The number of anilines is 1. The summed E-state index contributed by atoms with van der Waals surface area (Å²) in [5.41, 5.74) is 7.52. The molecule has 2 aromatic rings. The summed E-state index contributed by atoms with van der Waals surface area (Å²) in [5.74, 6) is -0.812. The maximum atomic E-state index is 12.5. The van der Waals surface area contributed by atoms with E-state index in [1.807, 2.05) is 58.9 Å². The molecule has 0 aliphatic carbocycles. The fourth-order valence-electron chi connectivity index (χ4n) is 2.84. The van der Waals surface area contributed by atoms with Gasteiger partial charge < -0.3 is 10.1 Å². The zero-order chi connectivity index (χ0) is 18.7. The minimum absolute atomic E-state index is 0.308. The first-order valence-electron chi connectivity index (χ1n) is 8.33. The van der Waals surface area contributed by atoms with Gasteiger partial charge in [0.1, 0.15) is 0 Å². The van der Waals surface area contributed by atoms with Gasteiger partial charge in [0.05, 0.1) is 5.56 Å². The Labute approximate surface area is 149 Å². The molecule has 0 heterocycles. The molecule has 25 heavy (non-hydrogen) atoms. The molecule has 0 saturated heterocycles. The van der Waals surface area contributed by atoms with Gasteiger partial charge in [0.15, 0.2) is 6.61 Å². The van der Waals surface area contributed by atoms with E-state index in [1.165, 1.54) is 5.56 Å². The Morgan fingerprint density at radius 1 is 0.800 bits per heavy atom. The fourth-order valence-corrected chi connectivity index (χ4v) is 2.84. The lowest BCUT2D eigenvalue weighted by Crippen LogP contribution is -2.22. The first kappa shape index (κ1) is 18.7. The molecule has 0 fully saturated rings. The summed E-state index contributed by atoms with van der Waals surface area (Å²) in [6.45, 7) is 11.5. The molecule has 0 spiro atoms. The Morgan fingerprint density at radius 3 is 1.80 bits per heavy atom. The number of aryl methyl sites for hydroxylation is 1. The first-order valence-corrected chi connectivity index (χ1v) is 8.33. The fraction of sp³-hybridized carbons (Fsp3) is 0.333. The van der Waals surface area contributed by atoms with Crippen LogP contribution in [-0.4, -0.2) is 18.5 Å². The van der Waals surface area contributed by atoms with E-state index in [4.69, 9.17) is 4.74 Å². The Kier molecular flexibility index (Phi) is 5.62. The summed E-state index contributed by atoms with van der Waals surface area (Å²) >= 11 is 0. The number of benzene rings is 2. The number of hydrogen-bond donors (Lipinski definition) is 1. The van der Waals surface area contributed by atoms with Crippen molar-refractivity contribution in [2.45, 2.75) is 41.5 Å². The lowest BCUT2D eigenvalue weighted by molar-refractivity contribution is -0.119. The maximum Gasteiger partial charge on any atom is 0.339 e. The molecule has 0 radical (unpaired) electrons. The summed E-state index contributed by atoms with van der Waals surface area (Å²) < 4.78 is 5.25. The molecule has 0 aliphatic heterocycles. The van der Waals surface area contributed by atoms with Gasteiger partial charge in [-0.05, 0) is 81.5 Å². The molecular formula is C21H25NO3. The lowest BCUT2D eigenvalue weighted by atomic mass is 9.90. The highest BCUT2D eigenvalue weighted by Crippen LogP contribution is 2.26. The Morgan fingerprint density at radius 2 is 1.28 bits per heavy atom. The van der Waals surface area contributed by atoms with Gasteiger partial charge in [-0.1, -0.05) is 17.7 Å². The number of amides is 1. The Bertz CT molecular complexity index is 791. The molecule has 0 unspecified atom stereocenters. The molecule has 1 amide bonds. The molecule has 4 nitrogen and oxygen atoms in total. The van der Waals surface area contributed by atoms with E-state index in [9.17, 15) is 9.59 Å². The van der Waals surface area contributed by atoms with Crippen LogP contribution in [0.3, 0.4) is 0 Å². The van der Waals surface area contributed by atoms with Gasteiger partial charge in [0, 0.05) is 5.69 Å². The van der Waals surface area contributed by atoms with E-state index < -0.39 is 5.97 Å². The van der Waals surface area contributed by atoms with Crippen molar-refractivity contribution in [3.63, 3.8) is 0 Å². The van der Waals surface area contributed by atoms with E-state index in [-0.39, 0.29) is 12.5 Å². The Balaban J connectivity index is 2.08. The lowest BCUT2D eigenvalue weighted by Gasteiger charge is -2.17. The quantitative estimate of drug-likeness (QED) is 0.843. The smallest absolute Gasteiger partial charge is 0.339 e. The number of hydrogen-bond acceptors (Lipinski definition) is 3. The summed E-state index contributed by atoms with van der Waals surface area (Å²) in [4.78, 5) is 24.5. The molecule has 0 saturated carbocycles. The monoisotopic (exact) mass is 339 g/mol. The molecule has 0 aromatic heterocycles. The second-order valence-corrected chi connectivity index (χ2v) is 6.49. The standard InChI is InChI=1S/C21H25NO3/c1-12-7-9-18(10-8-12)22-19(23)11-25-21(24)20-16(5)14(3)13(2)15(4)17(20)6/h7-10H,11H2,1-6H3,(H,22,23). The van der Waals surface area contributed by atoms with Gasteiger partial charge in [-0.3, -0.25) is 4.79 Å². The van der Waals surface area contributed by atoms with Crippen molar-refractivity contribution in [2.24, 2.45) is 0 Å². The molecule has 0 bridgehead atoms. The number of esters is 1. The van der Waals surface area contributed by atoms with Crippen molar-refractivity contribution in [1.82, 2.24) is 0 Å². The van der Waals surface area contributed by atoms with Crippen LogP contribution < -0.4 is 5.32 Å². The third kappa shape index (κ3) is 4.08. The normalized spacial score (nSPS) is 10.5. The topological polar surface area (TPSA) is 55.4 Å². The van der Waals surface area contributed by atoms with Gasteiger partial charge in [0.25, 0.3) is 5.91 Å². The molecule has 0 atom stereocenters. The van der Waals surface area contributed by atoms with E-state index in [0.29, 0.717) is 11.3 Å². The van der Waals surface area contributed by atoms with Crippen LogP contribution in [0, 0.1) is 41.5 Å². The SMILES string of the molecule is Cc1ccc(NC(=O)COC(=O)c2c(C)c(C)c(C)c(C)c2C)cc1. The van der Waals surface area contributed by atoms with Crippen LogP contribution in [0.1, 0.15) is 43.7 Å². The third-order valence-corrected chi connectivity index (χ3v) is 4.87. The van der Waals surface area contributed by atoms with Crippen molar-refractivity contribution in [3.8, 4) is 0 Å². The molecular weight excluding hydrogens is 314 g/mol. The molecule has 0 aliphatic rings. The molecule has 4 heteroatoms. The van der Waals surface area contributed by atoms with Gasteiger partial charge >= 0.3 is 5.97 Å². The third-order valence-electron chi connectivity index (χ3n) is 4.87. The second-order valence-electron chi connectivity index (χ2n) is 6.49. The van der Waals surface area contributed by atoms with E-state index >= 15 is 0 Å². The van der Waals surface area contributed by atoms with Crippen molar-refractivity contribution in [2.75, 3.05) is 11.9 Å². The average molecular weight is 339 g/mol. The van der Waals surface area contributed by atoms with Gasteiger partial charge in [-0.2, -0.15) is 0 Å². The maximum absolute atomic E-state index is 12.5. The van der Waals surface area contributed by atoms with Crippen LogP contribution in [0.4, 0.5) is 5.69 Å². The van der Waals surface area contributed by atoms with Crippen LogP contribution in [-0.2, 0) is 9.53 Å². The van der Waals surface area contributed by atoms with Crippen molar-refractivity contribution >= 4 is 17.6 Å². The van der Waals surface area contributed by atoms with Gasteiger partial charge in [0.2, 0.25) is 0 Å². The zero-order valence-electron chi connectivity index (χ0n) is 15.7. The number of carbonyl (C=O) groups is 2. The minimum Gasteiger partial charge on any atom is -0.452 e. The van der Waals surface area contributed by atoms with E-state index in [1.54, 1.807) is 0 Å². The number of rotatable bonds is 4. The molecule has 2 aromatic carbocycles. The highest BCUT2D eigenvalue weighted by atomic mass is 16.5. The average Bonchev–Trinajstić information content (AvgIpc) is 2.58. The first-order chi connectivity index (χ1) is 11.7. The van der Waals surface area contributed by atoms with Crippen LogP contribution in [0.5, 0.6) is 0 Å². The minimum atomic E-state index is -0.458. The van der Waals surface area contributed by atoms with Gasteiger partial charge in [-0.25, -0.2) is 4.79 Å². The largest absolute Gasteiger partial charge is 0.452 e. The highest BCUT2D eigenvalue weighted by Gasteiger charge is 2.20. The molecule has 2 rings (SSSR count). The van der Waals surface area contributed by atoms with Crippen molar-refractivity contribution in [1.29, 1.82) is 0 Å². The van der Waals surface area contributed by atoms with Crippen LogP contribution in [0.15, 0.2) is 24.3 Å². The van der Waals surface area contributed by atoms with Crippen molar-refractivity contribution in [3.05, 3.63) is 63.2 Å². The predicted octanol–water partition coefficient (Wildman–Crippen LogP) is 4.33. The number of ether oxygens (including phenoxy) is 1. The zero-order valence-corrected chi connectivity index (χ0v) is 15.7. The highest BCUT2D eigenvalue weighted by molar-refractivity contribution is 5.97. The predicted molar refractivity (Wildman–Crippen MR) is 100 cm³/mol. The molecule has 132 valence electrons. The summed E-state index contributed by atoms with van der Waals surface area (Å²) in [6.07, 6.45) is 0. The second kappa shape index (κ2) is 7.51. The van der Waals surface area contributed by atoms with Crippen LogP contribution >= 0.6 is 0 Å². The number of nitrogens with one attached hydrogen (secondary N) is 1.